The van der Waals surface area contributed by atoms with E-state index in [9.17, 15) is 17.9 Å². The van der Waals surface area contributed by atoms with Gasteiger partial charge in [0, 0.05) is 32.1 Å². The van der Waals surface area contributed by atoms with Crippen LogP contribution in [-0.2, 0) is 27.7 Å². The van der Waals surface area contributed by atoms with E-state index >= 15 is 0 Å². The predicted octanol–water partition coefficient (Wildman–Crippen LogP) is 7.04. The van der Waals surface area contributed by atoms with Crippen LogP contribution in [0.1, 0.15) is 47.6 Å². The summed E-state index contributed by atoms with van der Waals surface area (Å²) in [6.45, 7) is 1.59. The van der Waals surface area contributed by atoms with Crippen LogP contribution in [0.4, 0.5) is 10.1 Å². The molecule has 1 aliphatic rings. The molecule has 0 spiro atoms. The summed E-state index contributed by atoms with van der Waals surface area (Å²) in [4.78, 5) is 17.2. The van der Waals surface area contributed by atoms with E-state index in [4.69, 9.17) is 39.3 Å². The van der Waals surface area contributed by atoms with Crippen molar-refractivity contribution < 1.29 is 22.5 Å². The lowest BCUT2D eigenvalue weighted by Gasteiger charge is -2.17. The molecular formula is C27H20Cl3FN3O4S-. The Morgan fingerprint density at radius 1 is 1.10 bits per heavy atom. The van der Waals surface area contributed by atoms with E-state index < -0.39 is 27.6 Å². The Hall–Kier alpha value is -2.82. The smallest absolute Gasteiger partial charge is 0.237 e. The Morgan fingerprint density at radius 3 is 2.36 bits per heavy atom. The van der Waals surface area contributed by atoms with E-state index in [2.05, 4.69) is 15.5 Å². The molecule has 202 valence electrons. The van der Waals surface area contributed by atoms with Crippen LogP contribution in [0, 0.1) is 5.82 Å². The summed E-state index contributed by atoms with van der Waals surface area (Å²) in [7, 11) is 0. The normalized spacial score (nSPS) is 15.5. The van der Waals surface area contributed by atoms with E-state index in [1.807, 2.05) is 0 Å². The highest BCUT2D eigenvalue weighted by atomic mass is 35.5. The first-order chi connectivity index (χ1) is 18.6. The number of carbonyl (C=O) groups is 1. The van der Waals surface area contributed by atoms with E-state index in [1.54, 1.807) is 43.3 Å². The summed E-state index contributed by atoms with van der Waals surface area (Å²) in [5.74, 6) is -0.241. The monoisotopic (exact) mass is 606 g/mol. The number of amides is 1. The maximum Gasteiger partial charge on any atom is 0.237 e. The largest absolute Gasteiger partial charge is 0.772 e. The lowest BCUT2D eigenvalue weighted by molar-refractivity contribution is -0.115. The zero-order valence-electron chi connectivity index (χ0n) is 20.3. The molecule has 0 bridgehead atoms. The third-order valence-corrected chi connectivity index (χ3v) is 8.41. The number of rotatable bonds is 8. The number of nitrogens with one attached hydrogen (secondary N) is 1. The number of aromatic nitrogens is 2. The molecule has 1 aromatic heterocycles. The number of halogens is 4. The molecule has 0 radical (unpaired) electrons. The van der Waals surface area contributed by atoms with E-state index in [0.29, 0.717) is 51.2 Å². The van der Waals surface area contributed by atoms with Crippen molar-refractivity contribution in [2.45, 2.75) is 36.9 Å². The van der Waals surface area contributed by atoms with E-state index in [-0.39, 0.29) is 23.2 Å². The van der Waals surface area contributed by atoms with E-state index in [0.717, 1.165) is 5.56 Å². The molecule has 1 saturated carbocycles. The molecule has 39 heavy (non-hydrogen) atoms. The summed E-state index contributed by atoms with van der Waals surface area (Å²) >= 11 is 17.0. The van der Waals surface area contributed by atoms with Gasteiger partial charge in [-0.05, 0) is 72.3 Å². The van der Waals surface area contributed by atoms with Crippen LogP contribution in [0.5, 0.6) is 0 Å². The zero-order chi connectivity index (χ0) is 27.9. The fourth-order valence-electron chi connectivity index (χ4n) is 4.38. The molecule has 0 saturated heterocycles. The molecule has 1 N–H and O–H groups in total. The van der Waals surface area contributed by atoms with Crippen molar-refractivity contribution in [3.05, 3.63) is 98.1 Å². The topological polar surface area (TPSA) is 108 Å². The van der Waals surface area contributed by atoms with Gasteiger partial charge in [0.15, 0.2) is 0 Å². The summed E-state index contributed by atoms with van der Waals surface area (Å²) in [6, 6.07) is 14.2. The zero-order valence-corrected chi connectivity index (χ0v) is 23.4. The van der Waals surface area contributed by atoms with Crippen LogP contribution in [0.3, 0.4) is 0 Å². The van der Waals surface area contributed by atoms with Crippen molar-refractivity contribution in [1.82, 2.24) is 10.1 Å². The third-order valence-electron chi connectivity index (χ3n) is 6.67. The quantitative estimate of drug-likeness (QED) is 0.215. The van der Waals surface area contributed by atoms with Crippen LogP contribution < -0.4 is 5.32 Å². The standard InChI is InChI=1S/C27H21Cl3FN3O4S/c1-14(39(36)37)16-4-2-15(3-5-16)10-23(35)32-18-12-20(29)24(21(30)13-18)27(8-9-27)26-33-25(34-38-26)17-6-7-22(31)19(28)11-17/h2-7,11-14H,8-10H2,1H3,(H,32,35)(H,36,37)/p-1. The summed E-state index contributed by atoms with van der Waals surface area (Å²) in [5, 5.41) is 6.82. The van der Waals surface area contributed by atoms with Crippen molar-refractivity contribution in [3.63, 3.8) is 0 Å². The van der Waals surface area contributed by atoms with Crippen molar-refractivity contribution >= 4 is 57.5 Å². The Balaban J connectivity index is 1.31. The van der Waals surface area contributed by atoms with Crippen LogP contribution in [0.2, 0.25) is 15.1 Å². The lowest BCUT2D eigenvalue weighted by atomic mass is 9.95. The molecule has 2 atom stereocenters. The predicted molar refractivity (Wildman–Crippen MR) is 147 cm³/mol. The average Bonchev–Trinajstić information content (AvgIpc) is 3.51. The Bertz CT molecular complexity index is 1570. The molecule has 1 amide bonds. The first kappa shape index (κ1) is 27.7. The molecule has 12 heteroatoms. The first-order valence-corrected chi connectivity index (χ1v) is 14.1. The van der Waals surface area contributed by atoms with Gasteiger partial charge in [-0.15, -0.1) is 0 Å². The van der Waals surface area contributed by atoms with Gasteiger partial charge in [0.1, 0.15) is 5.82 Å². The number of hydrogen-bond acceptors (Lipinski definition) is 6. The molecule has 2 unspecified atom stereocenters. The number of anilines is 1. The Kier molecular flexibility index (Phi) is 7.81. The minimum atomic E-state index is -2.22. The van der Waals surface area contributed by atoms with Gasteiger partial charge in [-0.1, -0.05) is 64.2 Å². The highest BCUT2D eigenvalue weighted by Gasteiger charge is 2.53. The molecule has 7 nitrogen and oxygen atoms in total. The van der Waals surface area contributed by atoms with Gasteiger partial charge in [-0.25, -0.2) is 4.39 Å². The van der Waals surface area contributed by atoms with Crippen molar-refractivity contribution in [1.29, 1.82) is 0 Å². The van der Waals surface area contributed by atoms with Gasteiger partial charge in [0.25, 0.3) is 0 Å². The van der Waals surface area contributed by atoms with Gasteiger partial charge in [0.2, 0.25) is 17.6 Å². The summed E-state index contributed by atoms with van der Waals surface area (Å²) in [6.07, 6.45) is 1.44. The molecule has 0 aliphatic heterocycles. The van der Waals surface area contributed by atoms with Gasteiger partial charge >= 0.3 is 0 Å². The van der Waals surface area contributed by atoms with Crippen LogP contribution in [0.25, 0.3) is 11.4 Å². The van der Waals surface area contributed by atoms with Gasteiger partial charge < -0.3 is 14.4 Å². The van der Waals surface area contributed by atoms with Crippen LogP contribution >= 0.6 is 34.8 Å². The second kappa shape index (κ2) is 11.0. The Labute approximate surface area is 241 Å². The molecule has 1 fully saturated rings. The molecular weight excluding hydrogens is 588 g/mol. The maximum absolute atomic E-state index is 13.5. The second-order valence-electron chi connectivity index (χ2n) is 9.32. The third kappa shape index (κ3) is 5.73. The van der Waals surface area contributed by atoms with E-state index in [1.165, 1.54) is 18.2 Å². The van der Waals surface area contributed by atoms with Crippen molar-refractivity contribution in [3.8, 4) is 11.4 Å². The number of carbonyl (C=O) groups excluding carboxylic acids is 1. The molecule has 5 rings (SSSR count). The van der Waals surface area contributed by atoms with Crippen molar-refractivity contribution in [2.75, 3.05) is 5.32 Å². The highest BCUT2D eigenvalue weighted by Crippen LogP contribution is 2.57. The number of benzene rings is 3. The first-order valence-electron chi connectivity index (χ1n) is 11.8. The fourth-order valence-corrected chi connectivity index (χ4v) is 5.79. The summed E-state index contributed by atoms with van der Waals surface area (Å²) in [5.41, 5.74) is 2.25. The van der Waals surface area contributed by atoms with Gasteiger partial charge in [-0.2, -0.15) is 4.98 Å². The molecule has 1 heterocycles. The van der Waals surface area contributed by atoms with Crippen LogP contribution in [-0.4, -0.2) is 24.8 Å². The molecule has 1 aliphatic carbocycles. The maximum atomic E-state index is 13.5. The van der Waals surface area contributed by atoms with Crippen LogP contribution in [0.15, 0.2) is 59.1 Å². The SMILES string of the molecule is CC(c1ccc(CC(=O)Nc2cc(Cl)c(C3(c4nc(-c5ccc(F)c(Cl)c5)no4)CC3)c(Cl)c2)cc1)S(=O)[O-]. The van der Waals surface area contributed by atoms with Crippen molar-refractivity contribution in [2.24, 2.45) is 0 Å². The lowest BCUT2D eigenvalue weighted by Crippen LogP contribution is -2.16. The second-order valence-corrected chi connectivity index (χ2v) is 11.8. The Morgan fingerprint density at radius 2 is 1.77 bits per heavy atom. The summed E-state index contributed by atoms with van der Waals surface area (Å²) < 4.78 is 41.4. The molecule has 4 aromatic rings. The molecule has 3 aromatic carbocycles. The number of nitrogens with zero attached hydrogens (tertiary/aromatic N) is 2. The van der Waals surface area contributed by atoms with Gasteiger partial charge in [-0.3, -0.25) is 9.00 Å². The highest BCUT2D eigenvalue weighted by molar-refractivity contribution is 7.79. The fraction of sp³-hybridized carbons (Fsp3) is 0.222. The minimum absolute atomic E-state index is 0.0488. The van der Waals surface area contributed by atoms with Gasteiger partial charge in [0.05, 0.1) is 16.9 Å². The minimum Gasteiger partial charge on any atom is -0.772 e. The number of hydrogen-bond donors (Lipinski definition) is 1. The average molecular weight is 608 g/mol.